The van der Waals surface area contributed by atoms with E-state index >= 15 is 0 Å². The molecule has 0 bridgehead atoms. The molecule has 4 aromatic carbocycles. The molecule has 2 heterocycles. The smallest absolute Gasteiger partial charge is 0.321 e. The average Bonchev–Trinajstić information content (AvgIpc) is 0.788. The third-order valence-electron chi connectivity index (χ3n) is 17.3. The summed E-state index contributed by atoms with van der Waals surface area (Å²) in [6.45, 7) is 20.1. The third-order valence-corrected chi connectivity index (χ3v) is 17.3. The van der Waals surface area contributed by atoms with Gasteiger partial charge in [0.1, 0.15) is 0 Å². The van der Waals surface area contributed by atoms with E-state index in [1.165, 1.54) is 36.5 Å². The van der Waals surface area contributed by atoms with Crippen LogP contribution in [0.5, 0.6) is 0 Å². The second-order valence-corrected chi connectivity index (χ2v) is 25.8. The molecule has 1 aliphatic carbocycles. The van der Waals surface area contributed by atoms with Crippen molar-refractivity contribution in [1.82, 2.24) is 16.0 Å². The monoisotopic (exact) mass is 1130 g/mol. The summed E-state index contributed by atoms with van der Waals surface area (Å²) in [4.78, 5) is 48.4. The summed E-state index contributed by atoms with van der Waals surface area (Å²) in [7, 11) is 2.85. The summed E-state index contributed by atoms with van der Waals surface area (Å²) in [6, 6.07) is 47.3. The molecular weight excluding hydrogens is 1030 g/mol. The van der Waals surface area contributed by atoms with Gasteiger partial charge in [0.25, 0.3) is 0 Å². The number of nitrogens with one attached hydrogen (secondary N) is 3. The highest BCUT2D eigenvalue weighted by Gasteiger charge is 2.80. The fourth-order valence-corrected chi connectivity index (χ4v) is 12.6. The summed E-state index contributed by atoms with van der Waals surface area (Å²) >= 11 is 0. The first kappa shape index (κ1) is 67.1. The molecule has 2 aliphatic heterocycles. The minimum Gasteiger partial charge on any atom is -0.383 e. The molecule has 1 saturated carbocycles. The first-order valence-corrected chi connectivity index (χ1v) is 30.5. The van der Waals surface area contributed by atoms with E-state index in [0.717, 1.165) is 64.2 Å². The van der Waals surface area contributed by atoms with E-state index in [1.54, 1.807) is 0 Å². The second-order valence-electron chi connectivity index (χ2n) is 25.8. The molecule has 7 rings (SSSR count). The lowest BCUT2D eigenvalue weighted by atomic mass is 9.39. The minimum atomic E-state index is -1.14. The van der Waals surface area contributed by atoms with Gasteiger partial charge >= 0.3 is 6.03 Å². The van der Waals surface area contributed by atoms with Gasteiger partial charge in [0.05, 0.1) is 42.2 Å². The topological polar surface area (TPSA) is 170 Å². The molecule has 2 saturated heterocycles. The molecule has 10 atom stereocenters. The van der Waals surface area contributed by atoms with Crippen LogP contribution in [-0.4, -0.2) is 57.2 Å². The Morgan fingerprint density at radius 2 is 0.940 bits per heavy atom. The molecule has 3 fully saturated rings. The van der Waals surface area contributed by atoms with Crippen molar-refractivity contribution in [3.8, 4) is 12.1 Å². The molecule has 3 N–H and O–H groups in total. The average molecular weight is 1130 g/mol. The lowest BCUT2D eigenvalue weighted by Gasteiger charge is -2.67. The van der Waals surface area contributed by atoms with Gasteiger partial charge in [-0.15, -0.1) is 0 Å². The van der Waals surface area contributed by atoms with E-state index < -0.39 is 46.5 Å². The van der Waals surface area contributed by atoms with Crippen molar-refractivity contribution in [1.29, 1.82) is 10.5 Å². The van der Waals surface area contributed by atoms with Crippen LogP contribution >= 0.6 is 0 Å². The van der Waals surface area contributed by atoms with Crippen molar-refractivity contribution < 1.29 is 28.7 Å². The number of carbonyl (C=O) groups is 4. The van der Waals surface area contributed by atoms with E-state index in [-0.39, 0.29) is 31.5 Å². The van der Waals surface area contributed by atoms with Crippen molar-refractivity contribution in [3.63, 3.8) is 0 Å². The summed E-state index contributed by atoms with van der Waals surface area (Å²) in [5, 5.41) is 26.6. The molecule has 11 nitrogen and oxygen atoms in total. The number of rotatable bonds is 27. The zero-order valence-corrected chi connectivity index (χ0v) is 51.7. The fraction of sp³-hybridized carbons (Fsp3) is 0.528. The number of methoxy groups -OCH3 is 2. The maximum atomic E-state index is 12.5. The highest BCUT2D eigenvalue weighted by Crippen LogP contribution is 2.63. The van der Waals surface area contributed by atoms with Crippen LogP contribution in [0.4, 0.5) is 4.79 Å². The molecular formula is C72H97N5O6. The number of amides is 5. The van der Waals surface area contributed by atoms with Gasteiger partial charge in [-0.2, -0.15) is 10.5 Å². The Hall–Kier alpha value is -6.66. The zero-order valence-electron chi connectivity index (χ0n) is 51.7. The maximum Gasteiger partial charge on any atom is 0.321 e. The van der Waals surface area contributed by atoms with E-state index in [0.29, 0.717) is 46.8 Å². The number of imide groups is 2. The van der Waals surface area contributed by atoms with E-state index in [4.69, 9.17) is 9.47 Å². The minimum absolute atomic E-state index is 0.000467. The summed E-state index contributed by atoms with van der Waals surface area (Å²) in [5.41, 5.74) is 3.64. The molecule has 4 aromatic rings. The van der Waals surface area contributed by atoms with Crippen LogP contribution in [0, 0.1) is 74.4 Å². The Labute approximate surface area is 498 Å². The number of fused-ring (bicyclic) bond motifs is 4. The Kier molecular flexibility index (Phi) is 26.7. The predicted molar refractivity (Wildman–Crippen MR) is 334 cm³/mol. The van der Waals surface area contributed by atoms with Crippen LogP contribution < -0.4 is 16.0 Å². The van der Waals surface area contributed by atoms with Crippen molar-refractivity contribution in [2.75, 3.05) is 27.4 Å². The standard InChI is InChI=1S/C30H41N.C29H39N.C13H17N3O6/c1-24(2)29(23-31)22-28(26-17-11-7-12-18-26)21-27(25-15-9-6-10-16-25)19-13-8-14-20-30(3,4)5;1-23(2)14-8-5-13-19-27(25-15-9-6-10-16-25)20-28(21-29(22-30)24(3)4)26-17-11-7-12-18-26;1-21-4-12-6(3-7(17)14-9(12)18)13(5-22-2)8(12)15-11(20)16-10(13)19/h6-12,14-18,24,27-29H,13,19-22H2,1-5H3;5-12,15-18,23-24,27-29H,13-14,19-21H2,1-4H3;6,8H,3-5H2,1-2H3,(H,14,17,18)(H2,15,16,19,20)/b14-8+;8-5+;. The quantitative estimate of drug-likeness (QED) is 0.0391. The Bertz CT molecular complexity index is 2700. The number of allylic oxidation sites excluding steroid dienone is 4. The van der Waals surface area contributed by atoms with E-state index in [1.807, 2.05) is 0 Å². The van der Waals surface area contributed by atoms with Gasteiger partial charge in [0.2, 0.25) is 17.7 Å². The fourth-order valence-electron chi connectivity index (χ4n) is 12.6. The van der Waals surface area contributed by atoms with Crippen LogP contribution in [-0.2, 0) is 23.9 Å². The van der Waals surface area contributed by atoms with Crippen LogP contribution in [0.2, 0.25) is 0 Å². The normalized spacial score (nSPS) is 21.5. The number of hydrogen-bond acceptors (Lipinski definition) is 8. The third kappa shape index (κ3) is 18.9. The molecule has 10 unspecified atom stereocenters. The number of urea groups is 1. The number of ether oxygens (including phenoxy) is 2. The van der Waals surface area contributed by atoms with Crippen LogP contribution in [0.1, 0.15) is 179 Å². The van der Waals surface area contributed by atoms with Gasteiger partial charge in [0.15, 0.2) is 0 Å². The lowest BCUT2D eigenvalue weighted by molar-refractivity contribution is -0.221. The van der Waals surface area contributed by atoms with Crippen molar-refractivity contribution in [2.24, 2.45) is 51.8 Å². The second kappa shape index (κ2) is 33.0. The predicted octanol–water partition coefficient (Wildman–Crippen LogP) is 15.6. The molecule has 3 aliphatic rings. The molecule has 0 aromatic heterocycles. The van der Waals surface area contributed by atoms with Gasteiger partial charge < -0.3 is 14.8 Å². The highest BCUT2D eigenvalue weighted by atomic mass is 16.5. The molecule has 11 heteroatoms. The number of nitrogens with zero attached hydrogens (tertiary/aromatic N) is 2. The van der Waals surface area contributed by atoms with Gasteiger partial charge in [-0.25, -0.2) is 4.79 Å². The van der Waals surface area contributed by atoms with Gasteiger partial charge in [-0.05, 0) is 133 Å². The largest absolute Gasteiger partial charge is 0.383 e. The number of carbonyl (C=O) groups excluding carboxylic acids is 4. The van der Waals surface area contributed by atoms with Crippen molar-refractivity contribution >= 4 is 23.8 Å². The summed E-state index contributed by atoms with van der Waals surface area (Å²) < 4.78 is 10.3. The maximum absolute atomic E-state index is 12.5. The first-order valence-electron chi connectivity index (χ1n) is 30.5. The molecule has 446 valence electrons. The van der Waals surface area contributed by atoms with Crippen molar-refractivity contribution in [3.05, 3.63) is 168 Å². The molecule has 5 amide bonds. The highest BCUT2D eigenvalue weighted by molar-refractivity contribution is 6.09. The van der Waals surface area contributed by atoms with Crippen LogP contribution in [0.3, 0.4) is 0 Å². The Balaban J connectivity index is 0.000000231. The Morgan fingerprint density at radius 1 is 0.554 bits per heavy atom. The van der Waals surface area contributed by atoms with Crippen molar-refractivity contribution in [2.45, 2.75) is 163 Å². The van der Waals surface area contributed by atoms with Crippen LogP contribution in [0.15, 0.2) is 146 Å². The summed E-state index contributed by atoms with van der Waals surface area (Å²) in [6.07, 6.45) is 20.2. The first-order chi connectivity index (χ1) is 39.7. The molecule has 0 radical (unpaired) electrons. The molecule has 0 spiro atoms. The van der Waals surface area contributed by atoms with E-state index in [9.17, 15) is 29.7 Å². The number of hydrogen-bond donors (Lipinski definition) is 3. The molecule has 83 heavy (non-hydrogen) atoms. The van der Waals surface area contributed by atoms with Crippen LogP contribution in [0.25, 0.3) is 0 Å². The van der Waals surface area contributed by atoms with Gasteiger partial charge in [-0.1, -0.05) is 208 Å². The summed E-state index contributed by atoms with van der Waals surface area (Å²) in [5.74, 6) is 1.39. The number of nitriles is 2. The number of piperidine rings is 1. The number of benzene rings is 4. The SMILES string of the molecule is CC(C)C(C#N)CC(CC(CC/C=C/CC(C)(C)C)c1ccccc1)c1ccccc1.CC(C)C/C=C/CCC(CC(CC(C#N)C(C)C)c1ccccc1)c1ccccc1.COCC12C(=O)NC(=O)CC1C1(COC)C(=O)NC(=O)NC21. The lowest BCUT2D eigenvalue weighted by Crippen LogP contribution is -2.88. The zero-order chi connectivity index (χ0) is 60.6. The van der Waals surface area contributed by atoms with Gasteiger partial charge in [-0.3, -0.25) is 25.0 Å². The van der Waals surface area contributed by atoms with Gasteiger partial charge in [0, 0.05) is 38.4 Å². The Morgan fingerprint density at radius 3 is 1.30 bits per heavy atom. The van der Waals surface area contributed by atoms with E-state index in [2.05, 4.69) is 236 Å².